The zero-order valence-corrected chi connectivity index (χ0v) is 15.7. The van der Waals surface area contributed by atoms with Gasteiger partial charge in [-0.2, -0.15) is 0 Å². The second-order valence-electron chi connectivity index (χ2n) is 4.86. The highest BCUT2D eigenvalue weighted by Crippen LogP contribution is 2.26. The Kier molecular flexibility index (Phi) is 6.09. The molecule has 6 nitrogen and oxygen atoms in total. The molecule has 0 unspecified atom stereocenters. The molecule has 0 spiro atoms. The van der Waals surface area contributed by atoms with Crippen LogP contribution >= 0.6 is 27.5 Å². The van der Waals surface area contributed by atoms with Crippen LogP contribution in [-0.2, 0) is 14.8 Å². The minimum atomic E-state index is -3.42. The van der Waals surface area contributed by atoms with Gasteiger partial charge in [-0.05, 0) is 42.5 Å². The summed E-state index contributed by atoms with van der Waals surface area (Å²) in [4.78, 5) is 11.9. The van der Waals surface area contributed by atoms with Crippen molar-refractivity contribution in [2.45, 2.75) is 0 Å². The molecule has 2 rings (SSSR count). The van der Waals surface area contributed by atoms with E-state index in [0.717, 1.165) is 10.7 Å². The van der Waals surface area contributed by atoms with Gasteiger partial charge in [-0.1, -0.05) is 27.5 Å². The van der Waals surface area contributed by atoms with Crippen molar-refractivity contribution in [2.75, 3.05) is 22.9 Å². The van der Waals surface area contributed by atoms with Gasteiger partial charge in [-0.15, -0.1) is 0 Å². The topological polar surface area (TPSA) is 84.5 Å². The van der Waals surface area contributed by atoms with Crippen LogP contribution in [-0.4, -0.2) is 27.2 Å². The van der Waals surface area contributed by atoms with Crippen LogP contribution in [0.5, 0.6) is 5.75 Å². The average molecular weight is 434 g/mol. The maximum Gasteiger partial charge on any atom is 0.262 e. The summed E-state index contributed by atoms with van der Waals surface area (Å²) in [5.74, 6) is 0.205. The van der Waals surface area contributed by atoms with Crippen molar-refractivity contribution in [2.24, 2.45) is 0 Å². The summed E-state index contributed by atoms with van der Waals surface area (Å²) >= 11 is 9.30. The average Bonchev–Trinajstić information content (AvgIpc) is 2.48. The minimum absolute atomic E-state index is 0.164. The zero-order chi connectivity index (χ0) is 17.7. The van der Waals surface area contributed by atoms with Crippen molar-refractivity contribution < 1.29 is 17.9 Å². The van der Waals surface area contributed by atoms with E-state index in [4.69, 9.17) is 16.3 Å². The molecular weight excluding hydrogens is 420 g/mol. The van der Waals surface area contributed by atoms with Gasteiger partial charge in [0.1, 0.15) is 5.75 Å². The fourth-order valence-corrected chi connectivity index (χ4v) is 2.88. The second kappa shape index (κ2) is 7.87. The highest BCUT2D eigenvalue weighted by atomic mass is 79.9. The molecule has 0 aliphatic heterocycles. The number of benzene rings is 2. The van der Waals surface area contributed by atoms with Gasteiger partial charge in [0.25, 0.3) is 5.91 Å². The summed E-state index contributed by atoms with van der Waals surface area (Å²) in [5, 5.41) is 2.79. The van der Waals surface area contributed by atoms with E-state index in [9.17, 15) is 13.2 Å². The summed E-state index contributed by atoms with van der Waals surface area (Å²) in [6.45, 7) is -0.164. The Morgan fingerprint density at radius 3 is 2.46 bits per heavy atom. The number of rotatable bonds is 6. The molecule has 0 saturated heterocycles. The third-order valence-electron chi connectivity index (χ3n) is 2.73. The molecule has 0 radical (unpaired) electrons. The van der Waals surface area contributed by atoms with Crippen LogP contribution in [0.1, 0.15) is 0 Å². The number of sulfonamides is 1. The molecule has 0 aliphatic rings. The maximum absolute atomic E-state index is 11.9. The predicted octanol–water partition coefficient (Wildman–Crippen LogP) is 3.49. The van der Waals surface area contributed by atoms with Crippen LogP contribution in [0.25, 0.3) is 0 Å². The number of halogens is 2. The first kappa shape index (κ1) is 18.6. The summed E-state index contributed by atoms with van der Waals surface area (Å²) in [6.07, 6.45) is 1.03. The highest BCUT2D eigenvalue weighted by Gasteiger charge is 2.09. The minimum Gasteiger partial charge on any atom is -0.484 e. The first-order valence-corrected chi connectivity index (χ1v) is 9.75. The molecule has 0 aliphatic carbocycles. The number of hydrogen-bond acceptors (Lipinski definition) is 4. The fraction of sp³-hybridized carbons (Fsp3) is 0.133. The third-order valence-corrected chi connectivity index (χ3v) is 4.16. The molecule has 0 atom stereocenters. The Labute approximate surface area is 153 Å². The molecule has 128 valence electrons. The molecule has 9 heteroatoms. The Bertz CT molecular complexity index is 841. The monoisotopic (exact) mass is 432 g/mol. The number of anilines is 2. The van der Waals surface area contributed by atoms with Gasteiger partial charge < -0.3 is 10.1 Å². The lowest BCUT2D eigenvalue weighted by Crippen LogP contribution is -2.20. The number of ether oxygens (including phenoxy) is 1. The molecule has 2 aromatic carbocycles. The first-order valence-electron chi connectivity index (χ1n) is 6.68. The van der Waals surface area contributed by atoms with Crippen LogP contribution in [0.3, 0.4) is 0 Å². The van der Waals surface area contributed by atoms with Gasteiger partial charge in [0.15, 0.2) is 6.61 Å². The summed E-state index contributed by atoms with van der Waals surface area (Å²) in [6, 6.07) is 11.5. The van der Waals surface area contributed by atoms with E-state index < -0.39 is 10.0 Å². The second-order valence-corrected chi connectivity index (χ2v) is 7.93. The van der Waals surface area contributed by atoms with Crippen molar-refractivity contribution in [1.82, 2.24) is 0 Å². The summed E-state index contributed by atoms with van der Waals surface area (Å²) in [5.41, 5.74) is 0.673. The Hall–Kier alpha value is -1.77. The SMILES string of the molecule is CS(=O)(=O)Nc1ccc(NC(=O)COc2ccc(Br)cc2)cc1Cl. The zero-order valence-electron chi connectivity index (χ0n) is 12.5. The molecule has 2 aromatic rings. The van der Waals surface area contributed by atoms with E-state index in [0.29, 0.717) is 11.4 Å². The molecule has 0 bridgehead atoms. The smallest absolute Gasteiger partial charge is 0.262 e. The molecule has 2 N–H and O–H groups in total. The predicted molar refractivity (Wildman–Crippen MR) is 98.2 cm³/mol. The lowest BCUT2D eigenvalue weighted by Gasteiger charge is -2.10. The molecule has 0 heterocycles. The Morgan fingerprint density at radius 1 is 1.21 bits per heavy atom. The molecular formula is C15H14BrClN2O4S. The van der Waals surface area contributed by atoms with Crippen LogP contribution in [0.4, 0.5) is 11.4 Å². The van der Waals surface area contributed by atoms with E-state index in [-0.39, 0.29) is 23.2 Å². The number of nitrogens with one attached hydrogen (secondary N) is 2. The van der Waals surface area contributed by atoms with Gasteiger partial charge >= 0.3 is 0 Å². The van der Waals surface area contributed by atoms with Crippen molar-refractivity contribution >= 4 is 54.8 Å². The van der Waals surface area contributed by atoms with Gasteiger partial charge in [-0.3, -0.25) is 9.52 Å². The van der Waals surface area contributed by atoms with Crippen LogP contribution in [0.2, 0.25) is 5.02 Å². The Balaban J connectivity index is 1.94. The van der Waals surface area contributed by atoms with E-state index in [1.165, 1.54) is 18.2 Å². The van der Waals surface area contributed by atoms with Crippen molar-refractivity contribution in [3.63, 3.8) is 0 Å². The summed E-state index contributed by atoms with van der Waals surface area (Å²) in [7, 11) is -3.42. The standard InChI is InChI=1S/C15H14BrClN2O4S/c1-24(21,22)19-14-7-4-11(8-13(14)17)18-15(20)9-23-12-5-2-10(16)3-6-12/h2-8,19H,9H2,1H3,(H,18,20). The van der Waals surface area contributed by atoms with Gasteiger partial charge in [0.05, 0.1) is 17.0 Å². The van der Waals surface area contributed by atoms with Crippen molar-refractivity contribution in [3.05, 3.63) is 52.0 Å². The van der Waals surface area contributed by atoms with Crippen molar-refractivity contribution in [1.29, 1.82) is 0 Å². The lowest BCUT2D eigenvalue weighted by atomic mass is 10.3. The van der Waals surface area contributed by atoms with Crippen LogP contribution < -0.4 is 14.8 Å². The largest absolute Gasteiger partial charge is 0.484 e. The van der Waals surface area contributed by atoms with Gasteiger partial charge in [-0.25, -0.2) is 8.42 Å². The van der Waals surface area contributed by atoms with E-state index >= 15 is 0 Å². The molecule has 0 saturated carbocycles. The summed E-state index contributed by atoms with van der Waals surface area (Å²) < 4.78 is 30.9. The van der Waals surface area contributed by atoms with E-state index in [1.54, 1.807) is 24.3 Å². The van der Waals surface area contributed by atoms with Crippen LogP contribution in [0, 0.1) is 0 Å². The lowest BCUT2D eigenvalue weighted by molar-refractivity contribution is -0.118. The number of amides is 1. The normalized spacial score (nSPS) is 11.0. The van der Waals surface area contributed by atoms with Gasteiger partial charge in [0.2, 0.25) is 10.0 Å². The number of carbonyl (C=O) groups is 1. The Morgan fingerprint density at radius 2 is 1.88 bits per heavy atom. The molecule has 0 fully saturated rings. The van der Waals surface area contributed by atoms with Crippen molar-refractivity contribution in [3.8, 4) is 5.75 Å². The molecule has 24 heavy (non-hydrogen) atoms. The third kappa shape index (κ3) is 6.03. The quantitative estimate of drug-likeness (QED) is 0.730. The number of carbonyl (C=O) groups excluding carboxylic acids is 1. The van der Waals surface area contributed by atoms with Crippen LogP contribution in [0.15, 0.2) is 46.9 Å². The van der Waals surface area contributed by atoms with E-state index in [1.807, 2.05) is 0 Å². The highest BCUT2D eigenvalue weighted by molar-refractivity contribution is 9.10. The maximum atomic E-state index is 11.9. The first-order chi connectivity index (χ1) is 11.2. The molecule has 0 aromatic heterocycles. The molecule has 1 amide bonds. The fourth-order valence-electron chi connectivity index (χ4n) is 1.75. The van der Waals surface area contributed by atoms with Gasteiger partial charge in [0, 0.05) is 10.2 Å². The number of hydrogen-bond donors (Lipinski definition) is 2. The van der Waals surface area contributed by atoms with E-state index in [2.05, 4.69) is 26.0 Å².